The van der Waals surface area contributed by atoms with Gasteiger partial charge in [-0.3, -0.25) is 4.79 Å². The Morgan fingerprint density at radius 3 is 2.67 bits per heavy atom. The van der Waals surface area contributed by atoms with Crippen LogP contribution < -0.4 is 0 Å². The second kappa shape index (κ2) is 2.31. The largest absolute Gasteiger partial charge is 0.459 e. The molecular formula is C9H9F3O3. The van der Waals surface area contributed by atoms with Crippen LogP contribution in [0.5, 0.6) is 0 Å². The summed E-state index contributed by atoms with van der Waals surface area (Å²) in [7, 11) is 0. The first-order valence-electron chi connectivity index (χ1n) is 4.84. The Hall–Kier alpha value is -0.780. The molecule has 4 unspecified atom stereocenters. The molecule has 0 aromatic rings. The van der Waals surface area contributed by atoms with Crippen molar-refractivity contribution in [3.05, 3.63) is 0 Å². The van der Waals surface area contributed by atoms with E-state index >= 15 is 0 Å². The van der Waals surface area contributed by atoms with Crippen molar-refractivity contribution < 1.29 is 27.8 Å². The highest BCUT2D eigenvalue weighted by Gasteiger charge is 2.79. The molecule has 5 atom stereocenters. The molecule has 0 spiro atoms. The summed E-state index contributed by atoms with van der Waals surface area (Å²) < 4.78 is 43.4. The fourth-order valence-corrected chi connectivity index (χ4v) is 3.41. The molecule has 0 amide bonds. The van der Waals surface area contributed by atoms with Gasteiger partial charge < -0.3 is 9.84 Å². The Labute approximate surface area is 83.2 Å². The summed E-state index contributed by atoms with van der Waals surface area (Å²) in [6.07, 6.45) is -6.46. The second-order valence-corrected chi connectivity index (χ2v) is 4.64. The van der Waals surface area contributed by atoms with Crippen LogP contribution in [0.2, 0.25) is 0 Å². The minimum absolute atomic E-state index is 0.247. The van der Waals surface area contributed by atoms with E-state index in [0.717, 1.165) is 0 Å². The molecule has 0 radical (unpaired) electrons. The zero-order chi connectivity index (χ0) is 11.0. The predicted molar refractivity (Wildman–Crippen MR) is 40.6 cm³/mol. The molecule has 0 aromatic heterocycles. The summed E-state index contributed by atoms with van der Waals surface area (Å²) in [5.41, 5.74) is -2.32. The first-order valence-corrected chi connectivity index (χ1v) is 4.84. The summed E-state index contributed by atoms with van der Waals surface area (Å²) in [5.74, 6) is -2.50. The van der Waals surface area contributed by atoms with Gasteiger partial charge in [-0.15, -0.1) is 0 Å². The topological polar surface area (TPSA) is 46.5 Å². The van der Waals surface area contributed by atoms with Gasteiger partial charge in [0.1, 0.15) is 6.10 Å². The number of hydrogen-bond acceptors (Lipinski definition) is 3. The van der Waals surface area contributed by atoms with E-state index in [2.05, 4.69) is 4.74 Å². The number of halogens is 3. The molecule has 3 nitrogen and oxygen atoms in total. The molecule has 1 aliphatic heterocycles. The molecule has 2 aliphatic carbocycles. The molecule has 1 N–H and O–H groups in total. The van der Waals surface area contributed by atoms with Gasteiger partial charge in [0, 0.05) is 5.92 Å². The van der Waals surface area contributed by atoms with Crippen LogP contribution >= 0.6 is 0 Å². The first kappa shape index (κ1) is 9.45. The van der Waals surface area contributed by atoms with Gasteiger partial charge in [-0.05, 0) is 18.8 Å². The number of carbonyl (C=O) groups excluding carboxylic acids is 1. The van der Waals surface area contributed by atoms with Crippen LogP contribution in [-0.4, -0.2) is 29.5 Å². The van der Waals surface area contributed by atoms with E-state index in [0.29, 0.717) is 0 Å². The normalized spacial score (nSPS) is 52.4. The van der Waals surface area contributed by atoms with Crippen molar-refractivity contribution in [2.45, 2.75) is 31.2 Å². The minimum Gasteiger partial charge on any atom is -0.459 e. The zero-order valence-electron chi connectivity index (χ0n) is 7.62. The highest BCUT2D eigenvalue weighted by Crippen LogP contribution is 2.67. The Morgan fingerprint density at radius 1 is 1.47 bits per heavy atom. The molecule has 6 heteroatoms. The molecule has 2 saturated carbocycles. The van der Waals surface area contributed by atoms with E-state index in [4.69, 9.17) is 0 Å². The molecular weight excluding hydrogens is 213 g/mol. The van der Waals surface area contributed by atoms with Gasteiger partial charge in [0.25, 0.3) is 0 Å². The van der Waals surface area contributed by atoms with Gasteiger partial charge in [0.2, 0.25) is 0 Å². The number of rotatable bonds is 0. The molecule has 15 heavy (non-hydrogen) atoms. The Kier molecular flexibility index (Phi) is 1.46. The molecule has 2 bridgehead atoms. The van der Waals surface area contributed by atoms with Crippen LogP contribution in [0.3, 0.4) is 0 Å². The lowest BCUT2D eigenvalue weighted by Crippen LogP contribution is -2.47. The number of alkyl halides is 3. The van der Waals surface area contributed by atoms with Crippen LogP contribution in [0.15, 0.2) is 0 Å². The Balaban J connectivity index is 2.10. The molecule has 3 aliphatic rings. The molecule has 3 rings (SSSR count). The van der Waals surface area contributed by atoms with Gasteiger partial charge in [0.05, 0.1) is 6.10 Å². The van der Waals surface area contributed by atoms with Crippen LogP contribution in [0.4, 0.5) is 13.2 Å². The third kappa shape index (κ3) is 0.814. The maximum absolute atomic E-state index is 12.9. The monoisotopic (exact) mass is 222 g/mol. The van der Waals surface area contributed by atoms with Crippen molar-refractivity contribution in [2.24, 2.45) is 17.3 Å². The van der Waals surface area contributed by atoms with Crippen LogP contribution in [0.25, 0.3) is 0 Å². The van der Waals surface area contributed by atoms with Crippen LogP contribution in [0, 0.1) is 17.3 Å². The van der Waals surface area contributed by atoms with Gasteiger partial charge in [0.15, 0.2) is 5.41 Å². The summed E-state index contributed by atoms with van der Waals surface area (Å²) in [6.45, 7) is 0. The highest BCUT2D eigenvalue weighted by molar-refractivity contribution is 5.82. The maximum atomic E-state index is 12.9. The number of ether oxygens (including phenoxy) is 1. The van der Waals surface area contributed by atoms with E-state index in [9.17, 15) is 23.1 Å². The second-order valence-electron chi connectivity index (χ2n) is 4.64. The third-order valence-electron chi connectivity index (χ3n) is 4.10. The first-order chi connectivity index (χ1) is 6.88. The highest BCUT2D eigenvalue weighted by atomic mass is 19.4. The number of aliphatic hydroxyl groups excluding tert-OH is 1. The average Bonchev–Trinajstić information content (AvgIpc) is 2.66. The molecule has 1 heterocycles. The van der Waals surface area contributed by atoms with Crippen molar-refractivity contribution in [1.29, 1.82) is 0 Å². The number of esters is 1. The Bertz CT molecular complexity index is 340. The lowest BCUT2D eigenvalue weighted by Gasteiger charge is -2.31. The summed E-state index contributed by atoms with van der Waals surface area (Å²) in [4.78, 5) is 11.4. The summed E-state index contributed by atoms with van der Waals surface area (Å²) >= 11 is 0. The quantitative estimate of drug-likeness (QED) is 0.618. The van der Waals surface area contributed by atoms with Crippen molar-refractivity contribution in [1.82, 2.24) is 0 Å². The number of hydrogen-bond donors (Lipinski definition) is 1. The lowest BCUT2D eigenvalue weighted by atomic mass is 9.73. The zero-order valence-corrected chi connectivity index (χ0v) is 7.62. The SMILES string of the molecule is O=C1OC2C(O)[C@H]3CC2C1(C(F)(F)F)C3. The van der Waals surface area contributed by atoms with Gasteiger partial charge in [-0.2, -0.15) is 13.2 Å². The average molecular weight is 222 g/mol. The number of carbonyl (C=O) groups is 1. The maximum Gasteiger partial charge on any atom is 0.405 e. The van der Waals surface area contributed by atoms with Crippen molar-refractivity contribution >= 4 is 5.97 Å². The van der Waals surface area contributed by atoms with Gasteiger partial charge in [-0.1, -0.05) is 0 Å². The summed E-state index contributed by atoms with van der Waals surface area (Å²) in [5, 5.41) is 9.56. The van der Waals surface area contributed by atoms with Crippen molar-refractivity contribution in [3.63, 3.8) is 0 Å². The van der Waals surface area contributed by atoms with E-state index in [1.165, 1.54) is 0 Å². The molecule has 0 aromatic carbocycles. The molecule has 3 fully saturated rings. The molecule has 1 saturated heterocycles. The van der Waals surface area contributed by atoms with Crippen molar-refractivity contribution in [3.8, 4) is 0 Å². The van der Waals surface area contributed by atoms with Crippen molar-refractivity contribution in [2.75, 3.05) is 0 Å². The number of fused-ring (bicyclic) bond motifs is 1. The lowest BCUT2D eigenvalue weighted by molar-refractivity contribution is -0.230. The fraction of sp³-hybridized carbons (Fsp3) is 0.889. The minimum atomic E-state index is -4.56. The Morgan fingerprint density at radius 2 is 2.13 bits per heavy atom. The third-order valence-corrected chi connectivity index (χ3v) is 4.10. The smallest absolute Gasteiger partial charge is 0.405 e. The number of aliphatic hydroxyl groups is 1. The fourth-order valence-electron chi connectivity index (χ4n) is 3.41. The van der Waals surface area contributed by atoms with E-state index in [-0.39, 0.29) is 12.8 Å². The summed E-state index contributed by atoms with van der Waals surface area (Å²) in [6, 6.07) is 0. The molecule has 84 valence electrons. The van der Waals surface area contributed by atoms with E-state index < -0.39 is 41.6 Å². The predicted octanol–water partition coefficient (Wildman–Crippen LogP) is 0.861. The van der Waals surface area contributed by atoms with Crippen LogP contribution in [-0.2, 0) is 9.53 Å². The van der Waals surface area contributed by atoms with E-state index in [1.54, 1.807) is 0 Å². The standard InChI is InChI=1S/C9H9F3O3/c10-9(11,12)8-2-3-1-4(8)6(5(3)13)15-7(8)14/h3-6,13H,1-2H2/t3-,4?,5?,6?,8?/m0/s1. The van der Waals surface area contributed by atoms with Crippen LogP contribution in [0.1, 0.15) is 12.8 Å². The van der Waals surface area contributed by atoms with Gasteiger partial charge in [-0.25, -0.2) is 0 Å². The van der Waals surface area contributed by atoms with E-state index in [1.807, 2.05) is 0 Å². The van der Waals surface area contributed by atoms with Gasteiger partial charge >= 0.3 is 12.1 Å².